The molecule has 0 radical (unpaired) electrons. The Hall–Kier alpha value is -2.70. The largest absolute Gasteiger partial charge is 0.481 e. The van der Waals surface area contributed by atoms with E-state index in [1.165, 1.54) is 13.8 Å². The molecule has 0 fully saturated rings. The topological polar surface area (TPSA) is 213 Å². The van der Waals surface area contributed by atoms with Gasteiger partial charge in [0.2, 0.25) is 0 Å². The zero-order valence-corrected chi connectivity index (χ0v) is 13.7. The lowest BCUT2D eigenvalue weighted by molar-refractivity contribution is -0.435. The van der Waals surface area contributed by atoms with E-state index >= 15 is 0 Å². The van der Waals surface area contributed by atoms with E-state index in [2.05, 4.69) is 4.74 Å². The van der Waals surface area contributed by atoms with Crippen molar-refractivity contribution in [1.29, 1.82) is 0 Å². The Morgan fingerprint density at radius 2 is 0.960 bits per heavy atom. The maximum absolute atomic E-state index is 10.3. The van der Waals surface area contributed by atoms with Gasteiger partial charge in [0, 0.05) is 0 Å². The first kappa shape index (κ1) is 27.2. The first-order valence-electron chi connectivity index (χ1n) is 6.37. The molecule has 0 aliphatic carbocycles. The predicted molar refractivity (Wildman–Crippen MR) is 76.6 cm³/mol. The van der Waals surface area contributed by atoms with Crippen LogP contribution in [0.4, 0.5) is 0 Å². The van der Waals surface area contributed by atoms with Crippen LogP contribution in [0.15, 0.2) is 0 Å². The van der Waals surface area contributed by atoms with Gasteiger partial charge in [-0.15, -0.1) is 0 Å². The quantitative estimate of drug-likeness (QED) is 0.191. The number of ketones is 3. The smallest absolute Gasteiger partial charge is 0.455 e. The van der Waals surface area contributed by atoms with Gasteiger partial charge in [-0.1, -0.05) is 0 Å². The van der Waals surface area contributed by atoms with Gasteiger partial charge < -0.3 is 30.3 Å². The van der Waals surface area contributed by atoms with E-state index in [4.69, 9.17) is 25.5 Å². The molecule has 12 heteroatoms. The van der Waals surface area contributed by atoms with E-state index in [0.717, 1.165) is 6.92 Å². The number of carbonyl (C=O) groups is 6. The van der Waals surface area contributed by atoms with Crippen LogP contribution < -0.4 is 0 Å². The zero-order valence-electron chi connectivity index (χ0n) is 13.7. The summed E-state index contributed by atoms with van der Waals surface area (Å²) in [6.07, 6.45) is -4.82. The number of hydrogen-bond acceptors (Lipinski definition) is 10. The fraction of sp³-hybridized carbons (Fsp3) is 0.538. The number of carbonyl (C=O) groups excluding carboxylic acids is 4. The van der Waals surface area contributed by atoms with Gasteiger partial charge in [0.1, 0.15) is 36.6 Å². The normalized spacial score (nSPS) is 9.36. The number of esters is 1. The highest BCUT2D eigenvalue weighted by molar-refractivity contribution is 5.94. The first-order valence-corrected chi connectivity index (χ1v) is 6.37. The minimum absolute atomic E-state index is 0.312. The van der Waals surface area contributed by atoms with E-state index in [0.29, 0.717) is 0 Å². The third-order valence-electron chi connectivity index (χ3n) is 1.44. The van der Waals surface area contributed by atoms with Crippen molar-refractivity contribution in [3.05, 3.63) is 0 Å². The summed E-state index contributed by atoms with van der Waals surface area (Å²) in [5.74, 6) is -4.45. The Morgan fingerprint density at radius 3 is 1.08 bits per heavy atom. The summed E-state index contributed by atoms with van der Waals surface area (Å²) >= 11 is 0. The number of aliphatic carboxylic acids is 2. The van der Waals surface area contributed by atoms with E-state index < -0.39 is 36.3 Å². The lowest BCUT2D eigenvalue weighted by atomic mass is 10.3. The molecule has 0 amide bonds. The molecular weight excluding hydrogens is 348 g/mol. The Morgan fingerprint density at radius 1 is 0.680 bits per heavy atom. The fourth-order valence-corrected chi connectivity index (χ4v) is 0.818. The second-order valence-corrected chi connectivity index (χ2v) is 4.47. The number of hydrogen-bond donors (Lipinski definition) is 5. The molecule has 144 valence electrons. The molecule has 0 saturated heterocycles. The number of carboxylic acids is 2. The van der Waals surface area contributed by atoms with Gasteiger partial charge in [-0.25, -0.2) is 0 Å². The number of rotatable bonds is 7. The van der Waals surface area contributed by atoms with Gasteiger partial charge in [-0.05, 0) is 20.8 Å². The van der Waals surface area contributed by atoms with Crippen LogP contribution in [0.1, 0.15) is 40.0 Å². The van der Waals surface area contributed by atoms with Crippen molar-refractivity contribution in [3.63, 3.8) is 0 Å². The highest BCUT2D eigenvalue weighted by Gasteiger charge is 2.24. The SMILES string of the molecule is CC(=O)CC(=O)O.CC(=O)CC(=O)O.CC(=O)CC(=O)OC(O)(O)O. The van der Waals surface area contributed by atoms with Gasteiger partial charge in [-0.3, -0.25) is 28.8 Å². The fourth-order valence-electron chi connectivity index (χ4n) is 0.818. The van der Waals surface area contributed by atoms with Crippen LogP contribution in [0, 0.1) is 0 Å². The van der Waals surface area contributed by atoms with Crippen LogP contribution in [0.2, 0.25) is 0 Å². The van der Waals surface area contributed by atoms with Crippen molar-refractivity contribution < 1.29 is 59.0 Å². The standard InChI is InChI=1S/C5H8O6.2C4H6O3/c1-3(6)2-4(7)11-5(8,9)10;2*1-3(5)2-4(6)7/h8-10H,2H2,1H3;2*2H2,1H3,(H,6,7). The summed E-state index contributed by atoms with van der Waals surface area (Å²) in [5, 5.41) is 39.9. The second kappa shape index (κ2) is 13.7. The predicted octanol–water partition coefficient (Wildman–Crippen LogP) is -1.80. The summed E-state index contributed by atoms with van der Waals surface area (Å²) in [5.41, 5.74) is 0. The molecule has 0 saturated carbocycles. The molecular formula is C13H20O12. The third kappa shape index (κ3) is 38.8. The molecule has 0 bridgehead atoms. The van der Waals surface area contributed by atoms with E-state index in [1.807, 2.05) is 0 Å². The van der Waals surface area contributed by atoms with Crippen LogP contribution in [0.5, 0.6) is 0 Å². The molecule has 0 aromatic rings. The lowest BCUT2D eigenvalue weighted by Gasteiger charge is -2.12. The molecule has 0 unspecified atom stereocenters. The number of ether oxygens (including phenoxy) is 1. The monoisotopic (exact) mass is 368 g/mol. The molecule has 0 aliphatic heterocycles. The molecule has 5 N–H and O–H groups in total. The molecule has 0 aromatic carbocycles. The van der Waals surface area contributed by atoms with Crippen molar-refractivity contribution >= 4 is 35.3 Å². The summed E-state index contributed by atoms with van der Waals surface area (Å²) in [6, 6.07) is 0. The van der Waals surface area contributed by atoms with E-state index in [9.17, 15) is 28.8 Å². The Balaban J connectivity index is -0.000000304. The zero-order chi connectivity index (χ0) is 20.8. The summed E-state index contributed by atoms with van der Waals surface area (Å²) in [7, 11) is 0. The summed E-state index contributed by atoms with van der Waals surface area (Å²) in [4.78, 5) is 59.5. The Bertz CT molecular complexity index is 450. The molecule has 0 aliphatic rings. The molecule has 0 heterocycles. The lowest BCUT2D eigenvalue weighted by Crippen LogP contribution is -2.34. The molecule has 25 heavy (non-hydrogen) atoms. The number of Topliss-reactive ketones (excluding diaryl/α,β-unsaturated/α-hetero) is 3. The van der Waals surface area contributed by atoms with Crippen LogP contribution in [0.25, 0.3) is 0 Å². The summed E-state index contributed by atoms with van der Waals surface area (Å²) < 4.78 is 3.56. The molecule has 0 atom stereocenters. The van der Waals surface area contributed by atoms with Gasteiger partial charge in [0.15, 0.2) is 0 Å². The van der Waals surface area contributed by atoms with Crippen LogP contribution in [-0.4, -0.2) is 66.9 Å². The maximum Gasteiger partial charge on any atom is 0.455 e. The van der Waals surface area contributed by atoms with Gasteiger partial charge >= 0.3 is 24.1 Å². The van der Waals surface area contributed by atoms with E-state index in [1.54, 1.807) is 0 Å². The average molecular weight is 368 g/mol. The number of aliphatic hydroxyl groups is 3. The Kier molecular flexibility index (Phi) is 14.9. The first-order chi connectivity index (χ1) is 11.1. The molecule has 12 nitrogen and oxygen atoms in total. The number of carboxylic acid groups (broad SMARTS) is 2. The van der Waals surface area contributed by atoms with Crippen molar-refractivity contribution in [2.75, 3.05) is 0 Å². The molecule has 0 spiro atoms. The average Bonchev–Trinajstić information content (AvgIpc) is 2.21. The van der Waals surface area contributed by atoms with Gasteiger partial charge in [-0.2, -0.15) is 0 Å². The highest BCUT2D eigenvalue weighted by atomic mass is 16.9. The van der Waals surface area contributed by atoms with Crippen LogP contribution >= 0.6 is 0 Å². The third-order valence-corrected chi connectivity index (χ3v) is 1.44. The van der Waals surface area contributed by atoms with Crippen molar-refractivity contribution in [2.45, 2.75) is 46.2 Å². The Labute approximate surface area is 141 Å². The van der Waals surface area contributed by atoms with Crippen LogP contribution in [-0.2, 0) is 33.5 Å². The van der Waals surface area contributed by atoms with E-state index in [-0.39, 0.29) is 24.4 Å². The van der Waals surface area contributed by atoms with Gasteiger partial charge in [0.05, 0.1) is 0 Å². The molecule has 0 aromatic heterocycles. The minimum Gasteiger partial charge on any atom is -0.481 e. The maximum atomic E-state index is 10.3. The van der Waals surface area contributed by atoms with Crippen molar-refractivity contribution in [3.8, 4) is 0 Å². The van der Waals surface area contributed by atoms with Crippen molar-refractivity contribution in [2.24, 2.45) is 0 Å². The van der Waals surface area contributed by atoms with Crippen molar-refractivity contribution in [1.82, 2.24) is 0 Å². The minimum atomic E-state index is -3.49. The summed E-state index contributed by atoms with van der Waals surface area (Å²) in [6.45, 7) is 3.61. The highest BCUT2D eigenvalue weighted by Crippen LogP contribution is 1.98. The van der Waals surface area contributed by atoms with Gasteiger partial charge in [0.25, 0.3) is 0 Å². The van der Waals surface area contributed by atoms with Crippen LogP contribution in [0.3, 0.4) is 0 Å². The molecule has 0 rings (SSSR count). The second-order valence-electron chi connectivity index (χ2n) is 4.47.